The molecule has 4 nitrogen and oxygen atoms in total. The van der Waals surface area contributed by atoms with Gasteiger partial charge in [0.2, 0.25) is 0 Å². The van der Waals surface area contributed by atoms with Gasteiger partial charge in [0.15, 0.2) is 5.82 Å². The van der Waals surface area contributed by atoms with E-state index in [4.69, 9.17) is 0 Å². The minimum absolute atomic E-state index is 0.180. The molecule has 0 saturated carbocycles. The zero-order valence-electron chi connectivity index (χ0n) is 11.1. The average Bonchev–Trinajstić information content (AvgIpc) is 2.89. The lowest BCUT2D eigenvalue weighted by atomic mass is 10.1. The number of hydrogen-bond acceptors (Lipinski definition) is 4. The molecule has 102 valence electrons. The quantitative estimate of drug-likeness (QED) is 0.571. The molecule has 0 saturated heterocycles. The minimum Gasteiger partial charge on any atom is -0.285 e. The molecule has 3 heterocycles. The molecule has 0 bridgehead atoms. The fourth-order valence-corrected chi connectivity index (χ4v) is 3.10. The zero-order valence-corrected chi connectivity index (χ0v) is 11.9. The Hall–Kier alpha value is -2.53. The highest BCUT2D eigenvalue weighted by atomic mass is 32.1. The van der Waals surface area contributed by atoms with Gasteiger partial charge in [0.25, 0.3) is 0 Å². The van der Waals surface area contributed by atoms with E-state index in [-0.39, 0.29) is 4.87 Å². The number of nitrogens with zero attached hydrogens (tertiary/aromatic N) is 3. The summed E-state index contributed by atoms with van der Waals surface area (Å²) in [5.41, 5.74) is 3.25. The van der Waals surface area contributed by atoms with Crippen LogP contribution in [0.15, 0.2) is 59.7 Å². The summed E-state index contributed by atoms with van der Waals surface area (Å²) in [6.07, 6.45) is 4.51. The van der Waals surface area contributed by atoms with Crippen molar-refractivity contribution >= 4 is 17.0 Å². The highest BCUT2D eigenvalue weighted by Crippen LogP contribution is 2.22. The lowest BCUT2D eigenvalue weighted by Gasteiger charge is -2.08. The Balaban J connectivity index is 1.82. The molecular weight excluding hydrogens is 282 g/mol. The maximum Gasteiger partial charge on any atom is 0.329 e. The summed E-state index contributed by atoms with van der Waals surface area (Å²) in [7, 11) is 0. The third-order valence-electron chi connectivity index (χ3n) is 3.41. The smallest absolute Gasteiger partial charge is 0.285 e. The third kappa shape index (κ3) is 2.21. The van der Waals surface area contributed by atoms with Gasteiger partial charge in [-0.15, -0.1) is 0 Å². The van der Waals surface area contributed by atoms with Crippen LogP contribution in [0.3, 0.4) is 0 Å². The summed E-state index contributed by atoms with van der Waals surface area (Å²) in [6.45, 7) is 0. The summed E-state index contributed by atoms with van der Waals surface area (Å²) in [6, 6.07) is 14.4. The Bertz CT molecular complexity index is 943. The Labute approximate surface area is 124 Å². The summed E-state index contributed by atoms with van der Waals surface area (Å²) >= 11 is 1.12. The number of rotatable bonds is 2. The largest absolute Gasteiger partial charge is 0.329 e. The molecule has 21 heavy (non-hydrogen) atoms. The lowest BCUT2D eigenvalue weighted by Crippen LogP contribution is -2.01. The molecule has 0 N–H and O–H groups in total. The molecule has 0 fully saturated rings. The molecule has 0 unspecified atom stereocenters. The Kier molecular flexibility index (Phi) is 2.79. The SMILES string of the molecule is O=c1nc2n3ccc(Cc4ccccc4)cc3ncc-2s1. The van der Waals surface area contributed by atoms with Crippen molar-refractivity contribution in [3.8, 4) is 10.7 Å². The highest BCUT2D eigenvalue weighted by Gasteiger charge is 2.12. The van der Waals surface area contributed by atoms with Gasteiger partial charge in [-0.3, -0.25) is 9.20 Å². The van der Waals surface area contributed by atoms with E-state index >= 15 is 0 Å². The van der Waals surface area contributed by atoms with Crippen LogP contribution in [0.4, 0.5) is 0 Å². The molecule has 0 amide bonds. The van der Waals surface area contributed by atoms with Crippen molar-refractivity contribution in [2.75, 3.05) is 0 Å². The number of hydrogen-bond donors (Lipinski definition) is 0. The minimum atomic E-state index is -0.180. The van der Waals surface area contributed by atoms with Crippen LogP contribution in [-0.2, 0) is 6.42 Å². The molecule has 4 rings (SSSR count). The van der Waals surface area contributed by atoms with Crippen molar-refractivity contribution < 1.29 is 0 Å². The van der Waals surface area contributed by atoms with E-state index < -0.39 is 0 Å². The Morgan fingerprint density at radius 2 is 1.95 bits per heavy atom. The zero-order chi connectivity index (χ0) is 14.2. The van der Waals surface area contributed by atoms with Crippen LogP contribution in [0.5, 0.6) is 0 Å². The molecule has 0 atom stereocenters. The van der Waals surface area contributed by atoms with Gasteiger partial charge in [0, 0.05) is 6.20 Å². The van der Waals surface area contributed by atoms with Crippen LogP contribution in [0.1, 0.15) is 11.1 Å². The van der Waals surface area contributed by atoms with Crippen molar-refractivity contribution in [1.82, 2.24) is 14.4 Å². The standard InChI is InChI=1S/C16H11N3OS/c20-16-18-15-13(21-16)10-17-14-9-12(6-7-19(14)15)8-11-4-2-1-3-5-11/h1-7,9-10H,8H2. The topological polar surface area (TPSA) is 47.3 Å². The molecule has 2 aromatic rings. The molecule has 2 aliphatic heterocycles. The van der Waals surface area contributed by atoms with Crippen molar-refractivity contribution in [3.05, 3.63) is 75.7 Å². The van der Waals surface area contributed by atoms with Crippen LogP contribution in [-0.4, -0.2) is 14.4 Å². The van der Waals surface area contributed by atoms with Crippen molar-refractivity contribution in [1.29, 1.82) is 0 Å². The molecule has 0 radical (unpaired) electrons. The van der Waals surface area contributed by atoms with Crippen LogP contribution in [0.25, 0.3) is 16.3 Å². The Morgan fingerprint density at radius 3 is 2.81 bits per heavy atom. The number of thiazole rings is 1. The van der Waals surface area contributed by atoms with E-state index in [9.17, 15) is 4.79 Å². The molecule has 1 aromatic carbocycles. The van der Waals surface area contributed by atoms with Gasteiger partial charge in [-0.05, 0) is 29.7 Å². The van der Waals surface area contributed by atoms with Gasteiger partial charge < -0.3 is 0 Å². The first kappa shape index (κ1) is 12.2. The van der Waals surface area contributed by atoms with Gasteiger partial charge in [-0.25, -0.2) is 4.98 Å². The molecule has 5 heteroatoms. The lowest BCUT2D eigenvalue weighted by molar-refractivity contribution is 1.04. The normalized spacial score (nSPS) is 11.2. The molecule has 2 aliphatic rings. The molecular formula is C16H11N3OS. The van der Waals surface area contributed by atoms with E-state index in [0.717, 1.165) is 28.3 Å². The van der Waals surface area contributed by atoms with E-state index in [1.54, 1.807) is 6.20 Å². The second-order valence-corrected chi connectivity index (χ2v) is 5.84. The van der Waals surface area contributed by atoms with Crippen LogP contribution >= 0.6 is 11.3 Å². The Morgan fingerprint density at radius 1 is 1.10 bits per heavy atom. The second kappa shape index (κ2) is 4.79. The van der Waals surface area contributed by atoms with E-state index in [1.807, 2.05) is 40.9 Å². The molecule has 0 spiro atoms. The monoisotopic (exact) mass is 293 g/mol. The summed E-state index contributed by atoms with van der Waals surface area (Å²) in [4.78, 5) is 20.5. The third-order valence-corrected chi connectivity index (χ3v) is 4.18. The van der Waals surface area contributed by atoms with Crippen LogP contribution < -0.4 is 4.87 Å². The maximum absolute atomic E-state index is 11.4. The van der Waals surface area contributed by atoms with Crippen molar-refractivity contribution in [2.45, 2.75) is 6.42 Å². The molecule has 1 aromatic heterocycles. The van der Waals surface area contributed by atoms with Gasteiger partial charge in [0.05, 0.1) is 11.1 Å². The van der Waals surface area contributed by atoms with E-state index in [0.29, 0.717) is 5.82 Å². The fraction of sp³-hybridized carbons (Fsp3) is 0.0625. The summed E-state index contributed by atoms with van der Waals surface area (Å²) in [5.74, 6) is 0.682. The van der Waals surface area contributed by atoms with Gasteiger partial charge in [-0.2, -0.15) is 4.98 Å². The predicted octanol–water partition coefficient (Wildman–Crippen LogP) is 2.85. The fourth-order valence-electron chi connectivity index (χ4n) is 2.44. The van der Waals surface area contributed by atoms with Crippen molar-refractivity contribution in [3.63, 3.8) is 0 Å². The van der Waals surface area contributed by atoms with Crippen molar-refractivity contribution in [2.24, 2.45) is 0 Å². The first-order valence-electron chi connectivity index (χ1n) is 6.60. The second-order valence-electron chi connectivity index (χ2n) is 4.85. The van der Waals surface area contributed by atoms with Gasteiger partial charge in [0.1, 0.15) is 5.65 Å². The number of fused-ring (bicyclic) bond motifs is 3. The first-order chi connectivity index (χ1) is 10.3. The number of aromatic nitrogens is 3. The van der Waals surface area contributed by atoms with E-state index in [2.05, 4.69) is 22.1 Å². The van der Waals surface area contributed by atoms with E-state index in [1.165, 1.54) is 11.1 Å². The first-order valence-corrected chi connectivity index (χ1v) is 7.42. The van der Waals surface area contributed by atoms with Crippen LogP contribution in [0, 0.1) is 0 Å². The summed E-state index contributed by atoms with van der Waals surface area (Å²) in [5, 5.41) is 0. The maximum atomic E-state index is 11.4. The van der Waals surface area contributed by atoms with Gasteiger partial charge >= 0.3 is 4.87 Å². The van der Waals surface area contributed by atoms with Gasteiger partial charge in [-0.1, -0.05) is 41.7 Å². The average molecular weight is 293 g/mol. The predicted molar refractivity (Wildman–Crippen MR) is 83.0 cm³/mol. The number of pyridine rings is 1. The summed E-state index contributed by atoms with van der Waals surface area (Å²) < 4.78 is 1.86. The van der Waals surface area contributed by atoms with Crippen LogP contribution in [0.2, 0.25) is 0 Å². The number of benzene rings is 1. The molecule has 0 aliphatic carbocycles. The highest BCUT2D eigenvalue weighted by molar-refractivity contribution is 7.12.